The van der Waals surface area contributed by atoms with E-state index in [9.17, 15) is 10.1 Å². The fourth-order valence-corrected chi connectivity index (χ4v) is 1.84. The predicted molar refractivity (Wildman–Crippen MR) is 70.1 cm³/mol. The largest absolute Gasteiger partial charge is 0.497 e. The summed E-state index contributed by atoms with van der Waals surface area (Å²) in [7, 11) is 1.59. The van der Waals surface area contributed by atoms with Gasteiger partial charge >= 0.3 is 5.69 Å². The Morgan fingerprint density at radius 2 is 2.05 bits per heavy atom. The van der Waals surface area contributed by atoms with E-state index in [-0.39, 0.29) is 11.5 Å². The van der Waals surface area contributed by atoms with E-state index in [0.29, 0.717) is 12.2 Å². The van der Waals surface area contributed by atoms with Crippen LogP contribution in [0.1, 0.15) is 11.3 Å². The highest BCUT2D eigenvalue weighted by atomic mass is 16.6. The van der Waals surface area contributed by atoms with E-state index < -0.39 is 4.92 Å². The van der Waals surface area contributed by atoms with Crippen LogP contribution in [0.4, 0.5) is 11.5 Å². The Bertz CT molecular complexity index is 604. The molecule has 2 aromatic rings. The molecule has 0 aliphatic heterocycles. The van der Waals surface area contributed by atoms with Gasteiger partial charge in [-0.2, -0.15) is 0 Å². The summed E-state index contributed by atoms with van der Waals surface area (Å²) in [4.78, 5) is 10.3. The summed E-state index contributed by atoms with van der Waals surface area (Å²) in [5.74, 6) is 0.697. The second-order valence-corrected chi connectivity index (χ2v) is 4.08. The molecule has 0 aliphatic rings. The second kappa shape index (κ2) is 4.97. The van der Waals surface area contributed by atoms with Gasteiger partial charge in [-0.3, -0.25) is 14.8 Å². The van der Waals surface area contributed by atoms with Gasteiger partial charge in [0.15, 0.2) is 0 Å². The molecule has 0 atom stereocenters. The number of benzene rings is 1. The van der Waals surface area contributed by atoms with Crippen LogP contribution in [0.15, 0.2) is 24.3 Å². The number of nitrogens with two attached hydrogens (primary N) is 1. The van der Waals surface area contributed by atoms with Gasteiger partial charge in [0.05, 0.1) is 18.6 Å². The van der Waals surface area contributed by atoms with Crippen molar-refractivity contribution in [2.45, 2.75) is 13.5 Å². The summed E-state index contributed by atoms with van der Waals surface area (Å²) in [6.45, 7) is 2.05. The minimum Gasteiger partial charge on any atom is -0.497 e. The molecule has 100 valence electrons. The zero-order valence-electron chi connectivity index (χ0n) is 10.7. The number of anilines is 1. The molecule has 0 saturated heterocycles. The Kier molecular flexibility index (Phi) is 3.37. The van der Waals surface area contributed by atoms with Crippen LogP contribution < -0.4 is 10.5 Å². The molecule has 0 radical (unpaired) electrons. The third-order valence-electron chi connectivity index (χ3n) is 2.87. The van der Waals surface area contributed by atoms with Crippen LogP contribution in [0.5, 0.6) is 5.75 Å². The summed E-state index contributed by atoms with van der Waals surface area (Å²) >= 11 is 0. The van der Waals surface area contributed by atoms with Crippen LogP contribution in [0.3, 0.4) is 0 Å². The van der Waals surface area contributed by atoms with Gasteiger partial charge in [-0.15, -0.1) is 5.10 Å². The number of hydrogen-bond acceptors (Lipinski definition) is 5. The molecule has 0 saturated carbocycles. The fourth-order valence-electron chi connectivity index (χ4n) is 1.84. The lowest BCUT2D eigenvalue weighted by Gasteiger charge is -2.05. The topological polar surface area (TPSA) is 96.2 Å². The van der Waals surface area contributed by atoms with Crippen molar-refractivity contribution in [2.24, 2.45) is 0 Å². The summed E-state index contributed by atoms with van der Waals surface area (Å²) < 4.78 is 6.59. The third-order valence-corrected chi connectivity index (χ3v) is 2.87. The van der Waals surface area contributed by atoms with E-state index in [1.165, 1.54) is 4.68 Å². The number of ether oxygens (including phenoxy) is 1. The number of hydrogen-bond donors (Lipinski definition) is 1. The van der Waals surface area contributed by atoms with Crippen molar-refractivity contribution in [2.75, 3.05) is 12.8 Å². The van der Waals surface area contributed by atoms with Gasteiger partial charge in [0.2, 0.25) is 5.82 Å². The summed E-state index contributed by atoms with van der Waals surface area (Å²) in [5.41, 5.74) is 6.82. The van der Waals surface area contributed by atoms with Crippen LogP contribution in [-0.4, -0.2) is 21.8 Å². The van der Waals surface area contributed by atoms with Gasteiger partial charge in [-0.05, 0) is 24.6 Å². The molecule has 2 rings (SSSR count). The molecular weight excluding hydrogens is 248 g/mol. The van der Waals surface area contributed by atoms with Crippen LogP contribution in [0, 0.1) is 17.0 Å². The van der Waals surface area contributed by atoms with Crippen molar-refractivity contribution >= 4 is 11.5 Å². The number of aromatic nitrogens is 2. The standard InChI is InChI=1S/C12H14N4O3/c1-8-11(16(17)18)12(13)14-15(8)7-9-3-5-10(19-2)6-4-9/h3-6H,7H2,1-2H3,(H2,13,14). The van der Waals surface area contributed by atoms with Crippen molar-refractivity contribution in [3.63, 3.8) is 0 Å². The molecule has 0 fully saturated rings. The lowest BCUT2D eigenvalue weighted by Crippen LogP contribution is -2.04. The average Bonchev–Trinajstić information content (AvgIpc) is 2.65. The van der Waals surface area contributed by atoms with E-state index in [2.05, 4.69) is 5.10 Å². The first kappa shape index (κ1) is 12.9. The number of nitrogen functional groups attached to an aromatic ring is 1. The lowest BCUT2D eigenvalue weighted by atomic mass is 10.2. The first-order valence-electron chi connectivity index (χ1n) is 5.63. The van der Waals surface area contributed by atoms with E-state index in [4.69, 9.17) is 10.5 Å². The highest BCUT2D eigenvalue weighted by Crippen LogP contribution is 2.25. The maximum Gasteiger partial charge on any atom is 0.333 e. The summed E-state index contributed by atoms with van der Waals surface area (Å²) in [6, 6.07) is 7.40. The molecule has 0 bridgehead atoms. The second-order valence-electron chi connectivity index (χ2n) is 4.08. The minimum absolute atomic E-state index is 0.0592. The fraction of sp³-hybridized carbons (Fsp3) is 0.250. The SMILES string of the molecule is COc1ccc(Cn2nc(N)c([N+](=O)[O-])c2C)cc1. The molecule has 2 N–H and O–H groups in total. The van der Waals surface area contributed by atoms with Crippen LogP contribution in [0.25, 0.3) is 0 Å². The average molecular weight is 262 g/mol. The molecule has 1 aromatic carbocycles. The molecular formula is C12H14N4O3. The van der Waals surface area contributed by atoms with Crippen LogP contribution in [0.2, 0.25) is 0 Å². The third kappa shape index (κ3) is 2.49. The van der Waals surface area contributed by atoms with Crippen molar-refractivity contribution in [3.05, 3.63) is 45.6 Å². The molecule has 1 aromatic heterocycles. The molecule has 0 amide bonds. The summed E-state index contributed by atoms with van der Waals surface area (Å²) in [6.07, 6.45) is 0. The molecule has 0 unspecified atom stereocenters. The Morgan fingerprint density at radius 1 is 1.42 bits per heavy atom. The zero-order chi connectivity index (χ0) is 14.0. The van der Waals surface area contributed by atoms with Crippen molar-refractivity contribution in [3.8, 4) is 5.75 Å². The Balaban J connectivity index is 2.28. The molecule has 0 aliphatic carbocycles. The predicted octanol–water partition coefficient (Wildman–Crippen LogP) is 1.74. The van der Waals surface area contributed by atoms with Gasteiger partial charge in [0.25, 0.3) is 0 Å². The molecule has 19 heavy (non-hydrogen) atoms. The van der Waals surface area contributed by atoms with E-state index >= 15 is 0 Å². The number of nitro groups is 1. The normalized spacial score (nSPS) is 10.4. The number of nitrogens with zero attached hydrogens (tertiary/aromatic N) is 3. The quantitative estimate of drug-likeness (QED) is 0.668. The van der Waals surface area contributed by atoms with Gasteiger partial charge in [-0.1, -0.05) is 12.1 Å². The van der Waals surface area contributed by atoms with E-state index in [1.807, 2.05) is 24.3 Å². The minimum atomic E-state index is -0.512. The van der Waals surface area contributed by atoms with Crippen molar-refractivity contribution < 1.29 is 9.66 Å². The highest BCUT2D eigenvalue weighted by Gasteiger charge is 2.22. The van der Waals surface area contributed by atoms with Crippen molar-refractivity contribution in [1.29, 1.82) is 0 Å². The van der Waals surface area contributed by atoms with Gasteiger partial charge < -0.3 is 10.5 Å². The Labute approximate surface area is 109 Å². The maximum absolute atomic E-state index is 10.8. The Morgan fingerprint density at radius 3 is 2.53 bits per heavy atom. The van der Waals surface area contributed by atoms with Crippen LogP contribution >= 0.6 is 0 Å². The van der Waals surface area contributed by atoms with Crippen LogP contribution in [-0.2, 0) is 6.54 Å². The smallest absolute Gasteiger partial charge is 0.333 e. The molecule has 1 heterocycles. The molecule has 7 nitrogen and oxygen atoms in total. The first-order chi connectivity index (χ1) is 9.02. The Hall–Kier alpha value is -2.57. The maximum atomic E-state index is 10.8. The van der Waals surface area contributed by atoms with E-state index in [1.54, 1.807) is 14.0 Å². The highest BCUT2D eigenvalue weighted by molar-refractivity contribution is 5.55. The van der Waals surface area contributed by atoms with Gasteiger partial charge in [-0.25, -0.2) is 0 Å². The zero-order valence-corrected chi connectivity index (χ0v) is 10.7. The van der Waals surface area contributed by atoms with E-state index in [0.717, 1.165) is 11.3 Å². The number of rotatable bonds is 4. The van der Waals surface area contributed by atoms with Crippen molar-refractivity contribution in [1.82, 2.24) is 9.78 Å². The van der Waals surface area contributed by atoms with Gasteiger partial charge in [0.1, 0.15) is 11.4 Å². The molecule has 7 heteroatoms. The first-order valence-corrected chi connectivity index (χ1v) is 5.63. The summed E-state index contributed by atoms with van der Waals surface area (Å²) in [5, 5.41) is 14.8. The molecule has 0 spiro atoms. The number of methoxy groups -OCH3 is 1. The lowest BCUT2D eigenvalue weighted by molar-refractivity contribution is -0.384. The van der Waals surface area contributed by atoms with Gasteiger partial charge in [0, 0.05) is 0 Å². The monoisotopic (exact) mass is 262 g/mol.